The van der Waals surface area contributed by atoms with E-state index in [2.05, 4.69) is 6.92 Å². The third kappa shape index (κ3) is 2.22. The zero-order chi connectivity index (χ0) is 10.7. The lowest BCUT2D eigenvalue weighted by molar-refractivity contribution is 0.0102. The molecule has 0 spiro atoms. The van der Waals surface area contributed by atoms with E-state index < -0.39 is 0 Å². The Kier molecular flexibility index (Phi) is 3.71. The molecular formula is C14H27N. The van der Waals surface area contributed by atoms with E-state index in [4.69, 9.17) is 5.73 Å². The number of rotatable bonds is 4. The van der Waals surface area contributed by atoms with E-state index in [1.165, 1.54) is 57.8 Å². The highest BCUT2D eigenvalue weighted by Crippen LogP contribution is 2.54. The van der Waals surface area contributed by atoms with E-state index in [9.17, 15) is 0 Å². The molecule has 0 unspecified atom stereocenters. The third-order valence-electron chi connectivity index (χ3n) is 5.28. The summed E-state index contributed by atoms with van der Waals surface area (Å²) in [6, 6.07) is 0. The number of nitrogens with two attached hydrogens (primary N) is 1. The summed E-state index contributed by atoms with van der Waals surface area (Å²) in [5, 5.41) is 0. The van der Waals surface area contributed by atoms with Crippen LogP contribution in [-0.4, -0.2) is 6.54 Å². The van der Waals surface area contributed by atoms with Gasteiger partial charge in [0.1, 0.15) is 0 Å². The molecule has 0 atom stereocenters. The molecule has 0 amide bonds. The van der Waals surface area contributed by atoms with E-state index in [1.807, 2.05) is 0 Å². The lowest BCUT2D eigenvalue weighted by atomic mass is 9.55. The summed E-state index contributed by atoms with van der Waals surface area (Å²) in [5.41, 5.74) is 6.49. The minimum Gasteiger partial charge on any atom is -0.330 e. The van der Waals surface area contributed by atoms with E-state index in [1.54, 1.807) is 0 Å². The molecule has 2 saturated carbocycles. The summed E-state index contributed by atoms with van der Waals surface area (Å²) in [5.74, 6) is 2.06. The quantitative estimate of drug-likeness (QED) is 0.750. The Morgan fingerprint density at radius 2 is 1.80 bits per heavy atom. The molecule has 0 aromatic rings. The van der Waals surface area contributed by atoms with Crippen LogP contribution in [-0.2, 0) is 0 Å². The Morgan fingerprint density at radius 3 is 2.20 bits per heavy atom. The van der Waals surface area contributed by atoms with Gasteiger partial charge in [-0.05, 0) is 55.9 Å². The van der Waals surface area contributed by atoms with Crippen molar-refractivity contribution in [2.45, 2.75) is 64.7 Å². The molecule has 2 fully saturated rings. The van der Waals surface area contributed by atoms with Crippen LogP contribution in [0.1, 0.15) is 64.7 Å². The van der Waals surface area contributed by atoms with Crippen molar-refractivity contribution in [2.24, 2.45) is 23.0 Å². The molecule has 0 aromatic carbocycles. The Morgan fingerprint density at radius 1 is 1.13 bits per heavy atom. The molecule has 2 aliphatic rings. The fourth-order valence-electron chi connectivity index (χ4n) is 3.96. The molecular weight excluding hydrogens is 182 g/mol. The van der Waals surface area contributed by atoms with Crippen molar-refractivity contribution < 1.29 is 0 Å². The normalized spacial score (nSPS) is 34.8. The second kappa shape index (κ2) is 4.86. The van der Waals surface area contributed by atoms with Crippen LogP contribution < -0.4 is 5.73 Å². The SMILES string of the molecule is CCC1CCC(C2(CCN)CCC2)CC1. The molecule has 0 bridgehead atoms. The Hall–Kier alpha value is -0.0400. The standard InChI is InChI=1S/C14H27N/c1-2-12-4-6-13(7-5-12)14(10-11-15)8-3-9-14/h12-13H,2-11,15H2,1H3. The van der Waals surface area contributed by atoms with Gasteiger partial charge in [0.15, 0.2) is 0 Å². The van der Waals surface area contributed by atoms with E-state index in [0.29, 0.717) is 5.41 Å². The van der Waals surface area contributed by atoms with Crippen LogP contribution in [0.3, 0.4) is 0 Å². The number of hydrogen-bond acceptors (Lipinski definition) is 1. The first-order valence-corrected chi connectivity index (χ1v) is 7.01. The van der Waals surface area contributed by atoms with Gasteiger partial charge in [-0.25, -0.2) is 0 Å². The highest BCUT2D eigenvalue weighted by Gasteiger charge is 2.43. The molecule has 0 aromatic heterocycles. The number of hydrogen-bond donors (Lipinski definition) is 1. The van der Waals surface area contributed by atoms with Crippen molar-refractivity contribution in [2.75, 3.05) is 6.54 Å². The monoisotopic (exact) mass is 209 g/mol. The molecule has 15 heavy (non-hydrogen) atoms. The molecule has 1 nitrogen and oxygen atoms in total. The van der Waals surface area contributed by atoms with Gasteiger partial charge in [-0.1, -0.05) is 32.6 Å². The zero-order valence-corrected chi connectivity index (χ0v) is 10.3. The Bertz CT molecular complexity index is 188. The summed E-state index contributed by atoms with van der Waals surface area (Å²) in [6.07, 6.45) is 13.1. The first kappa shape index (κ1) is 11.4. The van der Waals surface area contributed by atoms with Crippen LogP contribution in [0.2, 0.25) is 0 Å². The van der Waals surface area contributed by atoms with Crippen molar-refractivity contribution in [1.29, 1.82) is 0 Å². The predicted molar refractivity (Wildman–Crippen MR) is 65.7 cm³/mol. The van der Waals surface area contributed by atoms with E-state index in [0.717, 1.165) is 18.4 Å². The lowest BCUT2D eigenvalue weighted by Crippen LogP contribution is -2.40. The fraction of sp³-hybridized carbons (Fsp3) is 1.00. The molecule has 2 aliphatic carbocycles. The molecule has 1 heteroatoms. The van der Waals surface area contributed by atoms with E-state index >= 15 is 0 Å². The Balaban J connectivity index is 1.88. The summed E-state index contributed by atoms with van der Waals surface area (Å²) in [6.45, 7) is 3.26. The maximum absolute atomic E-state index is 5.78. The van der Waals surface area contributed by atoms with Crippen LogP contribution >= 0.6 is 0 Å². The average molecular weight is 209 g/mol. The second-order valence-corrected chi connectivity index (χ2v) is 5.88. The zero-order valence-electron chi connectivity index (χ0n) is 10.3. The van der Waals surface area contributed by atoms with Crippen LogP contribution in [0.15, 0.2) is 0 Å². The van der Waals surface area contributed by atoms with Crippen LogP contribution in [0, 0.1) is 17.3 Å². The third-order valence-corrected chi connectivity index (χ3v) is 5.28. The first-order valence-electron chi connectivity index (χ1n) is 7.01. The minimum absolute atomic E-state index is 0.702. The van der Waals surface area contributed by atoms with Gasteiger partial charge in [-0.15, -0.1) is 0 Å². The summed E-state index contributed by atoms with van der Waals surface area (Å²) in [7, 11) is 0. The second-order valence-electron chi connectivity index (χ2n) is 5.88. The minimum atomic E-state index is 0.702. The lowest BCUT2D eigenvalue weighted by Gasteiger charge is -2.50. The van der Waals surface area contributed by atoms with Crippen molar-refractivity contribution >= 4 is 0 Å². The highest BCUT2D eigenvalue weighted by molar-refractivity contribution is 4.95. The van der Waals surface area contributed by atoms with Gasteiger partial charge < -0.3 is 5.73 Å². The van der Waals surface area contributed by atoms with Gasteiger partial charge in [0.25, 0.3) is 0 Å². The van der Waals surface area contributed by atoms with Gasteiger partial charge in [0.2, 0.25) is 0 Å². The molecule has 88 valence electrons. The molecule has 0 radical (unpaired) electrons. The van der Waals surface area contributed by atoms with E-state index in [-0.39, 0.29) is 0 Å². The molecule has 2 rings (SSSR count). The summed E-state index contributed by atoms with van der Waals surface area (Å²) < 4.78 is 0. The molecule has 2 N–H and O–H groups in total. The van der Waals surface area contributed by atoms with Crippen LogP contribution in [0.5, 0.6) is 0 Å². The molecule has 0 aliphatic heterocycles. The molecule has 0 heterocycles. The Labute approximate surface area is 94.8 Å². The first-order chi connectivity index (χ1) is 7.30. The maximum atomic E-state index is 5.78. The van der Waals surface area contributed by atoms with Crippen molar-refractivity contribution in [3.8, 4) is 0 Å². The van der Waals surface area contributed by atoms with Crippen LogP contribution in [0.25, 0.3) is 0 Å². The van der Waals surface area contributed by atoms with Gasteiger partial charge in [0, 0.05) is 0 Å². The van der Waals surface area contributed by atoms with Gasteiger partial charge >= 0.3 is 0 Å². The van der Waals surface area contributed by atoms with Crippen molar-refractivity contribution in [1.82, 2.24) is 0 Å². The van der Waals surface area contributed by atoms with Gasteiger partial charge in [0.05, 0.1) is 0 Å². The predicted octanol–water partition coefficient (Wildman–Crippen LogP) is 3.72. The topological polar surface area (TPSA) is 26.0 Å². The molecule has 0 saturated heterocycles. The van der Waals surface area contributed by atoms with Gasteiger partial charge in [-0.3, -0.25) is 0 Å². The summed E-state index contributed by atoms with van der Waals surface area (Å²) >= 11 is 0. The fourth-order valence-corrected chi connectivity index (χ4v) is 3.96. The largest absolute Gasteiger partial charge is 0.330 e. The average Bonchev–Trinajstić information content (AvgIpc) is 2.24. The maximum Gasteiger partial charge on any atom is -0.00719 e. The van der Waals surface area contributed by atoms with Crippen molar-refractivity contribution in [3.05, 3.63) is 0 Å². The van der Waals surface area contributed by atoms with Crippen LogP contribution in [0.4, 0.5) is 0 Å². The smallest absolute Gasteiger partial charge is 0.00719 e. The summed E-state index contributed by atoms with van der Waals surface area (Å²) in [4.78, 5) is 0. The highest BCUT2D eigenvalue weighted by atomic mass is 14.6. The van der Waals surface area contributed by atoms with Crippen molar-refractivity contribution in [3.63, 3.8) is 0 Å². The van der Waals surface area contributed by atoms with Gasteiger partial charge in [-0.2, -0.15) is 0 Å².